The first-order valence-electron chi connectivity index (χ1n) is 7.04. The molecule has 2 heterocycles. The summed E-state index contributed by atoms with van der Waals surface area (Å²) in [7, 11) is -4.54. The van der Waals surface area contributed by atoms with Crippen molar-refractivity contribution in [2.75, 3.05) is 18.8 Å². The standard InChI is InChI=1S/C14H16FN3O3S/c15-22(20,21)9-10-7-14(19)18(8-10)6-5-13-16-11-3-1-2-4-12(11)17-13/h1-4,10H,5-9H2,(H,16,17). The molecule has 118 valence electrons. The van der Waals surface area contributed by atoms with Crippen LogP contribution in [0.4, 0.5) is 3.89 Å². The highest BCUT2D eigenvalue weighted by Gasteiger charge is 2.32. The second kappa shape index (κ2) is 5.68. The maximum Gasteiger partial charge on any atom is 0.302 e. The van der Waals surface area contributed by atoms with Gasteiger partial charge in [-0.25, -0.2) is 4.98 Å². The van der Waals surface area contributed by atoms with Crippen molar-refractivity contribution in [3.63, 3.8) is 0 Å². The molecule has 22 heavy (non-hydrogen) atoms. The first-order valence-corrected chi connectivity index (χ1v) is 8.60. The Bertz CT molecular complexity index is 770. The Hall–Kier alpha value is -1.96. The number of likely N-dealkylation sites (tertiary alicyclic amines) is 1. The number of aromatic amines is 1. The number of halogens is 1. The number of amides is 1. The number of aromatic nitrogens is 2. The van der Waals surface area contributed by atoms with Gasteiger partial charge in [0.15, 0.2) is 0 Å². The van der Waals surface area contributed by atoms with Crippen molar-refractivity contribution >= 4 is 27.2 Å². The third-order valence-electron chi connectivity index (χ3n) is 3.79. The molecule has 1 N–H and O–H groups in total. The normalized spacial score (nSPS) is 19.2. The lowest BCUT2D eigenvalue weighted by molar-refractivity contribution is -0.127. The van der Waals surface area contributed by atoms with E-state index < -0.39 is 21.9 Å². The van der Waals surface area contributed by atoms with Crippen molar-refractivity contribution in [1.82, 2.24) is 14.9 Å². The van der Waals surface area contributed by atoms with Crippen LogP contribution in [0.25, 0.3) is 11.0 Å². The molecular formula is C14H16FN3O3S. The van der Waals surface area contributed by atoms with Crippen LogP contribution in [0.2, 0.25) is 0 Å². The van der Waals surface area contributed by atoms with Crippen LogP contribution >= 0.6 is 0 Å². The molecular weight excluding hydrogens is 309 g/mol. The number of fused-ring (bicyclic) bond motifs is 1. The van der Waals surface area contributed by atoms with Gasteiger partial charge in [-0.1, -0.05) is 12.1 Å². The van der Waals surface area contributed by atoms with Gasteiger partial charge in [0.1, 0.15) is 5.82 Å². The molecule has 6 nitrogen and oxygen atoms in total. The van der Waals surface area contributed by atoms with E-state index in [4.69, 9.17) is 0 Å². The summed E-state index contributed by atoms with van der Waals surface area (Å²) < 4.78 is 34.0. The van der Waals surface area contributed by atoms with Crippen molar-refractivity contribution in [1.29, 1.82) is 0 Å². The number of carbonyl (C=O) groups is 1. The molecule has 0 aliphatic carbocycles. The molecule has 1 aromatic heterocycles. The number of hydrogen-bond donors (Lipinski definition) is 1. The van der Waals surface area contributed by atoms with Gasteiger partial charge in [-0.05, 0) is 12.1 Å². The third kappa shape index (κ3) is 3.44. The zero-order valence-corrected chi connectivity index (χ0v) is 12.6. The molecule has 0 radical (unpaired) electrons. The van der Waals surface area contributed by atoms with Crippen molar-refractivity contribution < 1.29 is 17.1 Å². The van der Waals surface area contributed by atoms with Crippen LogP contribution in [-0.2, 0) is 21.4 Å². The molecule has 1 amide bonds. The van der Waals surface area contributed by atoms with Gasteiger partial charge in [-0.15, -0.1) is 3.89 Å². The van der Waals surface area contributed by atoms with Crippen molar-refractivity contribution in [2.45, 2.75) is 12.8 Å². The van der Waals surface area contributed by atoms with E-state index in [9.17, 15) is 17.1 Å². The Morgan fingerprint density at radius 2 is 2.14 bits per heavy atom. The van der Waals surface area contributed by atoms with E-state index in [1.807, 2.05) is 24.3 Å². The maximum absolute atomic E-state index is 12.7. The summed E-state index contributed by atoms with van der Waals surface area (Å²) in [6.45, 7) is 0.726. The fraction of sp³-hybridized carbons (Fsp3) is 0.429. The van der Waals surface area contributed by atoms with Crippen LogP contribution in [-0.4, -0.2) is 48.0 Å². The number of rotatable bonds is 5. The van der Waals surface area contributed by atoms with E-state index in [1.54, 1.807) is 4.90 Å². The number of H-pyrrole nitrogens is 1. The minimum Gasteiger partial charge on any atom is -0.342 e. The number of para-hydroxylation sites is 2. The predicted molar refractivity (Wildman–Crippen MR) is 79.4 cm³/mol. The fourth-order valence-electron chi connectivity index (χ4n) is 2.83. The van der Waals surface area contributed by atoms with Gasteiger partial charge < -0.3 is 9.88 Å². The molecule has 0 spiro atoms. The maximum atomic E-state index is 12.7. The molecule has 0 saturated carbocycles. The number of nitrogens with one attached hydrogen (secondary N) is 1. The Kier molecular flexibility index (Phi) is 3.86. The molecule has 1 aliphatic rings. The van der Waals surface area contributed by atoms with Crippen LogP contribution in [0.15, 0.2) is 24.3 Å². The molecule has 8 heteroatoms. The SMILES string of the molecule is O=C1CC(CS(=O)(=O)F)CN1CCc1nc2ccccc2[nH]1. The van der Waals surface area contributed by atoms with Crippen LogP contribution in [0, 0.1) is 5.92 Å². The zero-order valence-electron chi connectivity index (χ0n) is 11.8. The first kappa shape index (κ1) is 15.0. The Balaban J connectivity index is 1.60. The summed E-state index contributed by atoms with van der Waals surface area (Å²) in [6.07, 6.45) is 0.638. The molecule has 1 aromatic carbocycles. The van der Waals surface area contributed by atoms with Crippen LogP contribution in [0.5, 0.6) is 0 Å². The van der Waals surface area contributed by atoms with Gasteiger partial charge in [0.2, 0.25) is 5.91 Å². The largest absolute Gasteiger partial charge is 0.342 e. The third-order valence-corrected chi connectivity index (χ3v) is 4.66. The van der Waals surface area contributed by atoms with Crippen molar-refractivity contribution in [3.05, 3.63) is 30.1 Å². The van der Waals surface area contributed by atoms with E-state index in [1.165, 1.54) is 0 Å². The van der Waals surface area contributed by atoms with Gasteiger partial charge in [0.25, 0.3) is 0 Å². The molecule has 1 aliphatic heterocycles. The summed E-state index contributed by atoms with van der Waals surface area (Å²) in [5.41, 5.74) is 1.80. The van der Waals surface area contributed by atoms with Crippen molar-refractivity contribution in [2.24, 2.45) is 5.92 Å². The number of imidazole rings is 1. The van der Waals surface area contributed by atoms with Crippen LogP contribution < -0.4 is 0 Å². The average molecular weight is 325 g/mol. The summed E-state index contributed by atoms with van der Waals surface area (Å²) in [4.78, 5) is 21.0. The highest BCUT2D eigenvalue weighted by atomic mass is 32.3. The van der Waals surface area contributed by atoms with Gasteiger partial charge in [-0.2, -0.15) is 8.42 Å². The van der Waals surface area contributed by atoms with Crippen LogP contribution in [0.1, 0.15) is 12.2 Å². The summed E-state index contributed by atoms with van der Waals surface area (Å²) in [5.74, 6) is -0.404. The lowest BCUT2D eigenvalue weighted by Crippen LogP contribution is -2.28. The molecule has 2 aromatic rings. The quantitative estimate of drug-likeness (QED) is 0.839. The monoisotopic (exact) mass is 325 g/mol. The van der Waals surface area contributed by atoms with E-state index >= 15 is 0 Å². The molecule has 1 fully saturated rings. The summed E-state index contributed by atoms with van der Waals surface area (Å²) >= 11 is 0. The minimum atomic E-state index is -4.54. The Labute approximate surface area is 127 Å². The zero-order chi connectivity index (χ0) is 15.7. The van der Waals surface area contributed by atoms with Gasteiger partial charge in [0.05, 0.1) is 16.8 Å². The predicted octanol–water partition coefficient (Wildman–Crippen LogP) is 1.25. The number of benzene rings is 1. The molecule has 1 saturated heterocycles. The lowest BCUT2D eigenvalue weighted by Gasteiger charge is -2.15. The first-order chi connectivity index (χ1) is 10.4. The van der Waals surface area contributed by atoms with Crippen molar-refractivity contribution in [3.8, 4) is 0 Å². The Morgan fingerprint density at radius 1 is 1.36 bits per heavy atom. The number of hydrogen-bond acceptors (Lipinski definition) is 4. The fourth-order valence-corrected chi connectivity index (χ4v) is 3.61. The summed E-state index contributed by atoms with van der Waals surface area (Å²) in [5, 5.41) is 0. The number of carbonyl (C=O) groups excluding carboxylic acids is 1. The molecule has 1 atom stereocenters. The molecule has 1 unspecified atom stereocenters. The van der Waals surface area contributed by atoms with Gasteiger partial charge in [-0.3, -0.25) is 4.79 Å². The lowest BCUT2D eigenvalue weighted by atomic mass is 10.1. The van der Waals surface area contributed by atoms with Crippen LogP contribution in [0.3, 0.4) is 0 Å². The minimum absolute atomic E-state index is 0.0866. The highest BCUT2D eigenvalue weighted by molar-refractivity contribution is 7.86. The van der Waals surface area contributed by atoms with Gasteiger partial charge >= 0.3 is 10.2 Å². The van der Waals surface area contributed by atoms with E-state index in [-0.39, 0.29) is 18.9 Å². The molecule has 0 bridgehead atoms. The van der Waals surface area contributed by atoms with E-state index in [0.29, 0.717) is 13.0 Å². The number of nitrogens with zero attached hydrogens (tertiary/aromatic N) is 2. The second-order valence-electron chi connectivity index (χ2n) is 5.57. The highest BCUT2D eigenvalue weighted by Crippen LogP contribution is 2.20. The van der Waals surface area contributed by atoms with Gasteiger partial charge in [0, 0.05) is 31.8 Å². The Morgan fingerprint density at radius 3 is 2.86 bits per heavy atom. The smallest absolute Gasteiger partial charge is 0.302 e. The summed E-state index contributed by atoms with van der Waals surface area (Å²) in [6, 6.07) is 7.64. The molecule has 3 rings (SSSR count). The average Bonchev–Trinajstić information content (AvgIpc) is 2.97. The van der Waals surface area contributed by atoms with E-state index in [2.05, 4.69) is 9.97 Å². The topological polar surface area (TPSA) is 83.1 Å². The van der Waals surface area contributed by atoms with E-state index in [0.717, 1.165) is 16.9 Å². The second-order valence-corrected chi connectivity index (χ2v) is 6.98.